The van der Waals surface area contributed by atoms with Crippen LogP contribution in [0.1, 0.15) is 31.1 Å². The summed E-state index contributed by atoms with van der Waals surface area (Å²) in [6, 6.07) is 10.1. The summed E-state index contributed by atoms with van der Waals surface area (Å²) in [5.41, 5.74) is -0.319. The second-order valence-electron chi connectivity index (χ2n) is 4.53. The maximum Gasteiger partial charge on any atom is 0.336 e. The molecule has 0 spiro atoms. The SMILES string of the molecule is COc1ccccc1C(=O)Nc1ccc(C(=O)O)c(C(=O)O)c1. The van der Waals surface area contributed by atoms with E-state index < -0.39 is 23.4 Å². The molecule has 0 aliphatic carbocycles. The zero-order valence-electron chi connectivity index (χ0n) is 12.1. The van der Waals surface area contributed by atoms with Crippen molar-refractivity contribution in [3.05, 3.63) is 59.2 Å². The number of amides is 1. The number of carboxylic acids is 2. The van der Waals surface area contributed by atoms with Gasteiger partial charge in [-0.1, -0.05) is 12.1 Å². The zero-order valence-corrected chi connectivity index (χ0v) is 12.1. The average molecular weight is 315 g/mol. The van der Waals surface area contributed by atoms with Gasteiger partial charge in [0.25, 0.3) is 5.91 Å². The van der Waals surface area contributed by atoms with Crippen molar-refractivity contribution in [1.82, 2.24) is 0 Å². The first-order chi connectivity index (χ1) is 10.9. The summed E-state index contributed by atoms with van der Waals surface area (Å²) >= 11 is 0. The summed E-state index contributed by atoms with van der Waals surface area (Å²) in [4.78, 5) is 34.4. The molecule has 7 heteroatoms. The molecule has 0 aromatic heterocycles. The number of aromatic carboxylic acids is 2. The quantitative estimate of drug-likeness (QED) is 0.780. The molecule has 118 valence electrons. The molecule has 0 aliphatic rings. The highest BCUT2D eigenvalue weighted by Crippen LogP contribution is 2.21. The van der Waals surface area contributed by atoms with Gasteiger partial charge in [-0.3, -0.25) is 4.79 Å². The summed E-state index contributed by atoms with van der Waals surface area (Å²) in [6.07, 6.45) is 0. The van der Waals surface area contributed by atoms with Crippen LogP contribution >= 0.6 is 0 Å². The lowest BCUT2D eigenvalue weighted by atomic mass is 10.1. The van der Waals surface area contributed by atoms with Crippen LogP contribution in [0.4, 0.5) is 5.69 Å². The number of carbonyl (C=O) groups is 3. The van der Waals surface area contributed by atoms with E-state index in [9.17, 15) is 14.4 Å². The van der Waals surface area contributed by atoms with Crippen molar-refractivity contribution < 1.29 is 29.3 Å². The molecule has 0 aliphatic heterocycles. The standard InChI is InChI=1S/C16H13NO6/c1-23-13-5-3-2-4-11(13)14(18)17-9-6-7-10(15(19)20)12(8-9)16(21)22/h2-8H,1H3,(H,17,18)(H,19,20)(H,21,22). The highest BCUT2D eigenvalue weighted by Gasteiger charge is 2.18. The fraction of sp³-hybridized carbons (Fsp3) is 0.0625. The van der Waals surface area contributed by atoms with Gasteiger partial charge in [-0.15, -0.1) is 0 Å². The lowest BCUT2D eigenvalue weighted by Gasteiger charge is -2.10. The van der Waals surface area contributed by atoms with Crippen LogP contribution in [0.3, 0.4) is 0 Å². The molecule has 0 saturated heterocycles. The third-order valence-corrected chi connectivity index (χ3v) is 3.09. The van der Waals surface area contributed by atoms with Crippen LogP contribution in [0.2, 0.25) is 0 Å². The van der Waals surface area contributed by atoms with Crippen LogP contribution in [0.15, 0.2) is 42.5 Å². The second kappa shape index (κ2) is 6.61. The number of hydrogen-bond acceptors (Lipinski definition) is 4. The van der Waals surface area contributed by atoms with E-state index in [0.717, 1.165) is 12.1 Å². The van der Waals surface area contributed by atoms with Crippen molar-refractivity contribution in [3.63, 3.8) is 0 Å². The smallest absolute Gasteiger partial charge is 0.336 e. The van der Waals surface area contributed by atoms with Crippen LogP contribution in [0.25, 0.3) is 0 Å². The van der Waals surface area contributed by atoms with Gasteiger partial charge in [-0.25, -0.2) is 9.59 Å². The Kier molecular flexibility index (Phi) is 4.61. The first kappa shape index (κ1) is 16.0. The van der Waals surface area contributed by atoms with Crippen molar-refractivity contribution in [2.24, 2.45) is 0 Å². The summed E-state index contributed by atoms with van der Waals surface area (Å²) < 4.78 is 5.08. The molecule has 23 heavy (non-hydrogen) atoms. The number of para-hydroxylation sites is 1. The van der Waals surface area contributed by atoms with Crippen molar-refractivity contribution in [2.45, 2.75) is 0 Å². The largest absolute Gasteiger partial charge is 0.496 e. The molecule has 0 fully saturated rings. The van der Waals surface area contributed by atoms with Gasteiger partial charge < -0.3 is 20.3 Å². The number of hydrogen-bond donors (Lipinski definition) is 3. The number of ether oxygens (including phenoxy) is 1. The Bertz CT molecular complexity index is 784. The highest BCUT2D eigenvalue weighted by molar-refractivity contribution is 6.08. The molecule has 0 atom stereocenters. The van der Waals surface area contributed by atoms with E-state index in [4.69, 9.17) is 14.9 Å². The summed E-state index contributed by atoms with van der Waals surface area (Å²) in [5, 5.41) is 20.6. The minimum Gasteiger partial charge on any atom is -0.496 e. The number of benzene rings is 2. The molecule has 0 bridgehead atoms. The maximum atomic E-state index is 12.2. The number of anilines is 1. The normalized spacial score (nSPS) is 9.96. The topological polar surface area (TPSA) is 113 Å². The predicted octanol–water partition coefficient (Wildman–Crippen LogP) is 2.34. The fourth-order valence-electron chi connectivity index (χ4n) is 2.02. The third kappa shape index (κ3) is 3.46. The molecular formula is C16H13NO6. The van der Waals surface area contributed by atoms with Crippen molar-refractivity contribution in [2.75, 3.05) is 12.4 Å². The molecule has 0 radical (unpaired) electrons. The van der Waals surface area contributed by atoms with Crippen LogP contribution < -0.4 is 10.1 Å². The number of carbonyl (C=O) groups excluding carboxylic acids is 1. The molecule has 2 aromatic carbocycles. The molecule has 2 aromatic rings. The molecule has 0 heterocycles. The summed E-state index contributed by atoms with van der Waals surface area (Å²) in [6.45, 7) is 0. The van der Waals surface area contributed by atoms with Crippen LogP contribution in [-0.2, 0) is 0 Å². The van der Waals surface area contributed by atoms with Crippen LogP contribution in [0, 0.1) is 0 Å². The molecule has 0 saturated carbocycles. The van der Waals surface area contributed by atoms with E-state index in [0.29, 0.717) is 5.75 Å². The summed E-state index contributed by atoms with van der Waals surface area (Å²) in [5.74, 6) is -2.88. The van der Waals surface area contributed by atoms with E-state index in [1.54, 1.807) is 24.3 Å². The van der Waals surface area contributed by atoms with Gasteiger partial charge >= 0.3 is 11.9 Å². The van der Waals surface area contributed by atoms with Gasteiger partial charge in [0.2, 0.25) is 0 Å². The molecule has 2 rings (SSSR count). The lowest BCUT2D eigenvalue weighted by molar-refractivity contribution is 0.0651. The molecule has 1 amide bonds. The first-order valence-corrected chi connectivity index (χ1v) is 6.49. The van der Waals surface area contributed by atoms with E-state index in [1.807, 2.05) is 0 Å². The monoisotopic (exact) mass is 315 g/mol. The number of methoxy groups -OCH3 is 1. The predicted molar refractivity (Wildman–Crippen MR) is 81.3 cm³/mol. The van der Waals surface area contributed by atoms with Gasteiger partial charge in [0.1, 0.15) is 5.75 Å². The van der Waals surface area contributed by atoms with Crippen molar-refractivity contribution in [3.8, 4) is 5.75 Å². The van der Waals surface area contributed by atoms with Gasteiger partial charge in [-0.2, -0.15) is 0 Å². The third-order valence-electron chi connectivity index (χ3n) is 3.09. The summed E-state index contributed by atoms with van der Waals surface area (Å²) in [7, 11) is 1.43. The Labute approximate surface area is 131 Å². The lowest BCUT2D eigenvalue weighted by Crippen LogP contribution is -2.15. The molecular weight excluding hydrogens is 302 g/mol. The van der Waals surface area contributed by atoms with Gasteiger partial charge in [0.15, 0.2) is 0 Å². The Morgan fingerprint density at radius 3 is 2.17 bits per heavy atom. The fourth-order valence-corrected chi connectivity index (χ4v) is 2.02. The number of rotatable bonds is 5. The van der Waals surface area contributed by atoms with E-state index in [-0.39, 0.29) is 16.8 Å². The number of nitrogens with one attached hydrogen (secondary N) is 1. The van der Waals surface area contributed by atoms with Crippen LogP contribution in [0.5, 0.6) is 5.75 Å². The van der Waals surface area contributed by atoms with Gasteiger partial charge in [0.05, 0.1) is 23.8 Å². The van der Waals surface area contributed by atoms with Crippen molar-refractivity contribution in [1.29, 1.82) is 0 Å². The Morgan fingerprint density at radius 1 is 0.913 bits per heavy atom. The number of carboxylic acid groups (broad SMARTS) is 2. The van der Waals surface area contributed by atoms with Crippen molar-refractivity contribution >= 4 is 23.5 Å². The minimum absolute atomic E-state index is 0.170. The van der Waals surface area contributed by atoms with E-state index in [1.165, 1.54) is 13.2 Å². The second-order valence-corrected chi connectivity index (χ2v) is 4.53. The minimum atomic E-state index is -1.39. The molecule has 3 N–H and O–H groups in total. The van der Waals surface area contributed by atoms with Gasteiger partial charge in [-0.05, 0) is 30.3 Å². The maximum absolute atomic E-state index is 12.2. The molecule has 7 nitrogen and oxygen atoms in total. The Hall–Kier alpha value is -3.35. The van der Waals surface area contributed by atoms with E-state index >= 15 is 0 Å². The molecule has 0 unspecified atom stereocenters. The highest BCUT2D eigenvalue weighted by atomic mass is 16.5. The Morgan fingerprint density at radius 2 is 1.57 bits per heavy atom. The average Bonchev–Trinajstić information content (AvgIpc) is 2.54. The zero-order chi connectivity index (χ0) is 17.0. The van der Waals surface area contributed by atoms with Crippen LogP contribution in [-0.4, -0.2) is 35.2 Å². The van der Waals surface area contributed by atoms with Gasteiger partial charge in [0, 0.05) is 5.69 Å². The first-order valence-electron chi connectivity index (χ1n) is 6.49. The van der Waals surface area contributed by atoms with E-state index in [2.05, 4.69) is 5.32 Å². The Balaban J connectivity index is 2.33.